The fourth-order valence-corrected chi connectivity index (χ4v) is 3.98. The molecule has 27 heavy (non-hydrogen) atoms. The van der Waals surface area contributed by atoms with Crippen LogP contribution in [0.2, 0.25) is 0 Å². The summed E-state index contributed by atoms with van der Waals surface area (Å²) in [6.07, 6.45) is -1.16. The smallest absolute Gasteiger partial charge is 0.164 e. The summed E-state index contributed by atoms with van der Waals surface area (Å²) in [4.78, 5) is 0. The van der Waals surface area contributed by atoms with E-state index in [1.165, 1.54) is 0 Å². The second-order valence-corrected chi connectivity index (χ2v) is 8.56. The molecule has 5 nitrogen and oxygen atoms in total. The van der Waals surface area contributed by atoms with E-state index in [0.717, 1.165) is 5.56 Å². The molecule has 1 aromatic rings. The van der Waals surface area contributed by atoms with Crippen LogP contribution in [0.5, 0.6) is 0 Å². The van der Waals surface area contributed by atoms with Gasteiger partial charge in [-0.1, -0.05) is 30.0 Å². The van der Waals surface area contributed by atoms with Crippen LogP contribution < -0.4 is 0 Å². The summed E-state index contributed by atoms with van der Waals surface area (Å²) in [5.41, 5.74) is 0.930. The van der Waals surface area contributed by atoms with E-state index < -0.39 is 11.6 Å². The quantitative estimate of drug-likeness (QED) is 0.630. The number of hydrogen-bond donors (Lipinski definition) is 0. The molecule has 3 saturated heterocycles. The fraction of sp³-hybridized carbons (Fsp3) is 0.524. The van der Waals surface area contributed by atoms with Gasteiger partial charge in [0.1, 0.15) is 22.8 Å². The van der Waals surface area contributed by atoms with E-state index in [0.29, 0.717) is 16.8 Å². The van der Waals surface area contributed by atoms with E-state index in [-0.39, 0.29) is 24.4 Å². The molecule has 0 bridgehead atoms. The highest BCUT2D eigenvalue weighted by Crippen LogP contribution is 2.45. The van der Waals surface area contributed by atoms with Crippen LogP contribution in [0.1, 0.15) is 33.3 Å². The van der Waals surface area contributed by atoms with Crippen LogP contribution in [0.4, 0.5) is 0 Å². The maximum atomic E-state index is 6.22. The van der Waals surface area contributed by atoms with Crippen molar-refractivity contribution in [3.63, 3.8) is 0 Å². The minimum absolute atomic E-state index is 0.232. The first-order valence-corrected chi connectivity index (χ1v) is 9.84. The van der Waals surface area contributed by atoms with Gasteiger partial charge in [0.25, 0.3) is 0 Å². The lowest BCUT2D eigenvalue weighted by Crippen LogP contribution is -2.40. The van der Waals surface area contributed by atoms with Crippen molar-refractivity contribution < 1.29 is 23.7 Å². The highest BCUT2D eigenvalue weighted by Gasteiger charge is 2.58. The maximum Gasteiger partial charge on any atom is 0.164 e. The average Bonchev–Trinajstić information content (AvgIpc) is 3.23. The van der Waals surface area contributed by atoms with Crippen LogP contribution >= 0.6 is 15.9 Å². The van der Waals surface area contributed by atoms with Crippen LogP contribution in [0.3, 0.4) is 0 Å². The van der Waals surface area contributed by atoms with Gasteiger partial charge in [-0.2, -0.15) is 0 Å². The van der Waals surface area contributed by atoms with Gasteiger partial charge < -0.3 is 23.7 Å². The SMILES string of the molecule is CC1(C)O[C@H]2[C@@H]([C@H]3COC(C)(C)O3)O/C(=C(\Br)C#Cc3ccccc3)[C@H]2O1. The Balaban J connectivity index is 1.62. The van der Waals surface area contributed by atoms with Gasteiger partial charge in [0, 0.05) is 5.56 Å². The second kappa shape index (κ2) is 6.91. The van der Waals surface area contributed by atoms with E-state index in [4.69, 9.17) is 23.7 Å². The zero-order valence-electron chi connectivity index (χ0n) is 15.8. The number of benzene rings is 1. The molecule has 3 aliphatic heterocycles. The molecule has 4 atom stereocenters. The van der Waals surface area contributed by atoms with Crippen molar-refractivity contribution in [3.05, 3.63) is 46.1 Å². The highest BCUT2D eigenvalue weighted by molar-refractivity contribution is 9.12. The summed E-state index contributed by atoms with van der Waals surface area (Å²) < 4.78 is 30.8. The molecule has 1 aromatic carbocycles. The van der Waals surface area contributed by atoms with Crippen molar-refractivity contribution >= 4 is 15.9 Å². The van der Waals surface area contributed by atoms with Gasteiger partial charge in [-0.3, -0.25) is 0 Å². The molecule has 0 amide bonds. The largest absolute Gasteiger partial charge is 0.484 e. The molecule has 6 heteroatoms. The molecule has 3 heterocycles. The highest BCUT2D eigenvalue weighted by atomic mass is 79.9. The average molecular weight is 435 g/mol. The fourth-order valence-electron chi connectivity index (χ4n) is 3.56. The maximum absolute atomic E-state index is 6.22. The predicted molar refractivity (Wildman–Crippen MR) is 103 cm³/mol. The molecule has 4 rings (SSSR count). The Hall–Kier alpha value is -1.36. The first-order chi connectivity index (χ1) is 12.7. The zero-order chi connectivity index (χ0) is 19.2. The van der Waals surface area contributed by atoms with Gasteiger partial charge in [-0.25, -0.2) is 0 Å². The first kappa shape index (κ1) is 19.0. The van der Waals surface area contributed by atoms with Gasteiger partial charge >= 0.3 is 0 Å². The normalized spacial score (nSPS) is 35.1. The summed E-state index contributed by atoms with van der Waals surface area (Å²) >= 11 is 3.57. The van der Waals surface area contributed by atoms with Gasteiger partial charge in [0.05, 0.1) is 6.61 Å². The number of rotatable bonds is 1. The Morgan fingerprint density at radius 2 is 1.74 bits per heavy atom. The molecular weight excluding hydrogens is 412 g/mol. The Morgan fingerprint density at radius 3 is 2.41 bits per heavy atom. The van der Waals surface area contributed by atoms with Gasteiger partial charge in [-0.15, -0.1) is 0 Å². The van der Waals surface area contributed by atoms with Crippen LogP contribution in [-0.4, -0.2) is 42.6 Å². The van der Waals surface area contributed by atoms with Crippen molar-refractivity contribution in [2.24, 2.45) is 0 Å². The number of hydrogen-bond acceptors (Lipinski definition) is 5. The summed E-state index contributed by atoms with van der Waals surface area (Å²) in [5.74, 6) is 5.57. The summed E-state index contributed by atoms with van der Waals surface area (Å²) in [5, 5.41) is 0. The minimum atomic E-state index is -0.697. The van der Waals surface area contributed by atoms with Crippen molar-refractivity contribution in [3.8, 4) is 11.8 Å². The number of allylic oxidation sites excluding steroid dienone is 1. The lowest BCUT2D eigenvalue weighted by molar-refractivity contribution is -0.187. The number of fused-ring (bicyclic) bond motifs is 1. The van der Waals surface area contributed by atoms with Crippen LogP contribution in [0.25, 0.3) is 0 Å². The molecule has 0 saturated carbocycles. The summed E-state index contributed by atoms with van der Waals surface area (Å²) in [6.45, 7) is 8.05. The minimum Gasteiger partial charge on any atom is -0.484 e. The van der Waals surface area contributed by atoms with Crippen molar-refractivity contribution in [1.29, 1.82) is 0 Å². The number of halogens is 1. The molecule has 0 spiro atoms. The monoisotopic (exact) mass is 434 g/mol. The standard InChI is InChI=1S/C21H23BrO5/c1-20(2)23-12-15(25-20)17-19-18(26-21(3,4)27-19)16(24-17)14(22)11-10-13-8-6-5-7-9-13/h5-9,15,17-19H,12H2,1-4H3/b16-14-/t15-,17-,18-,19+/m1/s1. The second-order valence-electron chi connectivity index (χ2n) is 7.76. The van der Waals surface area contributed by atoms with Crippen LogP contribution in [-0.2, 0) is 23.7 Å². The zero-order valence-corrected chi connectivity index (χ0v) is 17.4. The Morgan fingerprint density at radius 1 is 1.00 bits per heavy atom. The topological polar surface area (TPSA) is 46.2 Å². The van der Waals surface area contributed by atoms with E-state index in [1.807, 2.05) is 58.0 Å². The van der Waals surface area contributed by atoms with E-state index >= 15 is 0 Å². The Kier molecular flexibility index (Phi) is 4.86. The van der Waals surface area contributed by atoms with Gasteiger partial charge in [-0.05, 0) is 55.8 Å². The molecule has 0 N–H and O–H groups in total. The third kappa shape index (κ3) is 3.94. The molecule has 3 aliphatic rings. The summed E-state index contributed by atoms with van der Waals surface area (Å²) in [7, 11) is 0. The summed E-state index contributed by atoms with van der Waals surface area (Å²) in [6, 6.07) is 9.80. The van der Waals surface area contributed by atoms with Crippen LogP contribution in [0.15, 0.2) is 40.6 Å². The molecular formula is C21H23BrO5. The lowest BCUT2D eigenvalue weighted by atomic mass is 10.1. The van der Waals surface area contributed by atoms with Crippen molar-refractivity contribution in [2.75, 3.05) is 6.61 Å². The molecule has 0 unspecified atom stereocenters. The molecule has 0 radical (unpaired) electrons. The number of ether oxygens (including phenoxy) is 5. The van der Waals surface area contributed by atoms with Gasteiger partial charge in [0.15, 0.2) is 23.4 Å². The predicted octanol–water partition coefficient (Wildman–Crippen LogP) is 3.72. The third-order valence-electron chi connectivity index (χ3n) is 4.68. The molecule has 0 aliphatic carbocycles. The molecule has 0 aromatic heterocycles. The first-order valence-electron chi connectivity index (χ1n) is 9.05. The van der Waals surface area contributed by atoms with Crippen LogP contribution in [0, 0.1) is 11.8 Å². The van der Waals surface area contributed by atoms with E-state index in [2.05, 4.69) is 27.8 Å². The Labute approximate surface area is 168 Å². The van der Waals surface area contributed by atoms with Crippen molar-refractivity contribution in [2.45, 2.75) is 63.7 Å². The van der Waals surface area contributed by atoms with E-state index in [9.17, 15) is 0 Å². The third-order valence-corrected chi connectivity index (χ3v) is 5.27. The molecule has 144 valence electrons. The van der Waals surface area contributed by atoms with E-state index in [1.54, 1.807) is 0 Å². The lowest BCUT2D eigenvalue weighted by Gasteiger charge is -2.26. The molecule has 3 fully saturated rings. The van der Waals surface area contributed by atoms with Crippen molar-refractivity contribution in [1.82, 2.24) is 0 Å². The Bertz CT molecular complexity index is 805. The van der Waals surface area contributed by atoms with Gasteiger partial charge in [0.2, 0.25) is 0 Å².